The summed E-state index contributed by atoms with van der Waals surface area (Å²) in [6.07, 6.45) is 2.08. The van der Waals surface area contributed by atoms with E-state index >= 15 is 0 Å². The van der Waals surface area contributed by atoms with E-state index in [1.807, 2.05) is 30.3 Å². The fourth-order valence-electron chi connectivity index (χ4n) is 4.60. The van der Waals surface area contributed by atoms with E-state index < -0.39 is 0 Å². The smallest absolute Gasteiger partial charge is 0.123 e. The second kappa shape index (κ2) is 9.51. The minimum atomic E-state index is -0.256. The van der Waals surface area contributed by atoms with Crippen molar-refractivity contribution < 1.29 is 13.9 Å². The molecule has 0 N–H and O–H groups in total. The normalized spacial score (nSPS) is 11.1. The lowest BCUT2D eigenvalue weighted by Crippen LogP contribution is -1.95. The maximum Gasteiger partial charge on any atom is 0.123 e. The first-order chi connectivity index (χ1) is 17.0. The van der Waals surface area contributed by atoms with Crippen molar-refractivity contribution >= 4 is 22.7 Å². The molecule has 0 spiro atoms. The van der Waals surface area contributed by atoms with E-state index in [1.165, 1.54) is 17.0 Å². The van der Waals surface area contributed by atoms with Crippen LogP contribution in [0.25, 0.3) is 44.4 Å². The average Bonchev–Trinajstić information content (AvgIpc) is 3.20. The molecule has 5 heteroatoms. The third-order valence-electron chi connectivity index (χ3n) is 6.38. The van der Waals surface area contributed by atoms with Crippen LogP contribution < -0.4 is 9.47 Å². The summed E-state index contributed by atoms with van der Waals surface area (Å²) < 4.78 is 27.1. The van der Waals surface area contributed by atoms with Gasteiger partial charge in [0.25, 0.3) is 0 Å². The molecule has 0 bridgehead atoms. The molecule has 0 saturated heterocycles. The van der Waals surface area contributed by atoms with Crippen LogP contribution in [0.2, 0.25) is 0 Å². The average molecular weight is 484 g/mol. The van der Waals surface area contributed by atoms with E-state index in [2.05, 4.69) is 60.3 Å². The molecule has 35 heavy (non-hydrogen) atoms. The van der Waals surface area contributed by atoms with Crippen molar-refractivity contribution in [3.63, 3.8) is 0 Å². The number of ether oxygens (including phenoxy) is 2. The molecule has 0 aliphatic rings. The Hall–Kier alpha value is -3.70. The molecular weight excluding hydrogens is 457 g/mol. The zero-order chi connectivity index (χ0) is 24.5. The van der Waals surface area contributed by atoms with Crippen LogP contribution in [0.15, 0.2) is 89.8 Å². The molecule has 0 radical (unpaired) electrons. The van der Waals surface area contributed by atoms with Crippen LogP contribution in [0.4, 0.5) is 4.39 Å². The maximum absolute atomic E-state index is 13.8. The first-order valence-corrected chi connectivity index (χ1v) is 12.5. The predicted octanol–water partition coefficient (Wildman–Crippen LogP) is 8.06. The van der Waals surface area contributed by atoms with Crippen molar-refractivity contribution in [2.75, 3.05) is 20.5 Å². The number of nitrogens with zero attached hydrogens (tertiary/aromatic N) is 1. The summed E-state index contributed by atoms with van der Waals surface area (Å²) in [5.74, 6) is 1.17. The van der Waals surface area contributed by atoms with Crippen molar-refractivity contribution in [3.8, 4) is 45.0 Å². The zero-order valence-electron chi connectivity index (χ0n) is 20.1. The quantitative estimate of drug-likeness (QED) is 0.228. The highest BCUT2D eigenvalue weighted by Crippen LogP contribution is 2.43. The Balaban J connectivity index is 1.80. The molecule has 5 rings (SSSR count). The van der Waals surface area contributed by atoms with Gasteiger partial charge < -0.3 is 14.0 Å². The van der Waals surface area contributed by atoms with Gasteiger partial charge in [0.1, 0.15) is 17.3 Å². The van der Waals surface area contributed by atoms with Crippen LogP contribution in [-0.2, 0) is 7.05 Å². The third kappa shape index (κ3) is 4.28. The second-order valence-electron chi connectivity index (χ2n) is 8.35. The Morgan fingerprint density at radius 2 is 1.29 bits per heavy atom. The topological polar surface area (TPSA) is 23.4 Å². The first-order valence-electron chi connectivity index (χ1n) is 11.3. The Morgan fingerprint density at radius 1 is 0.686 bits per heavy atom. The molecule has 3 nitrogen and oxygen atoms in total. The zero-order valence-corrected chi connectivity index (χ0v) is 20.9. The molecule has 0 amide bonds. The van der Waals surface area contributed by atoms with Gasteiger partial charge in [-0.25, -0.2) is 4.39 Å². The largest absolute Gasteiger partial charge is 0.497 e. The minimum absolute atomic E-state index is 0.256. The highest BCUT2D eigenvalue weighted by Gasteiger charge is 2.20. The minimum Gasteiger partial charge on any atom is -0.497 e. The van der Waals surface area contributed by atoms with Crippen molar-refractivity contribution in [1.82, 2.24) is 4.57 Å². The number of thioether (sulfide) groups is 1. The van der Waals surface area contributed by atoms with E-state index in [0.29, 0.717) is 11.5 Å². The van der Waals surface area contributed by atoms with E-state index in [0.717, 1.165) is 44.4 Å². The highest BCUT2D eigenvalue weighted by atomic mass is 32.2. The lowest BCUT2D eigenvalue weighted by atomic mass is 9.96. The maximum atomic E-state index is 13.8. The van der Waals surface area contributed by atoms with Gasteiger partial charge in [0, 0.05) is 40.0 Å². The Morgan fingerprint density at radius 3 is 1.89 bits per heavy atom. The van der Waals surface area contributed by atoms with Crippen LogP contribution >= 0.6 is 11.8 Å². The lowest BCUT2D eigenvalue weighted by molar-refractivity contribution is 0.394. The van der Waals surface area contributed by atoms with Gasteiger partial charge in [-0.05, 0) is 71.5 Å². The number of aromatic nitrogens is 1. The van der Waals surface area contributed by atoms with Crippen LogP contribution in [0.1, 0.15) is 0 Å². The Labute approximate surface area is 209 Å². The Kier molecular flexibility index (Phi) is 6.27. The van der Waals surface area contributed by atoms with Gasteiger partial charge >= 0.3 is 0 Å². The summed E-state index contributed by atoms with van der Waals surface area (Å²) in [6.45, 7) is 0. The van der Waals surface area contributed by atoms with E-state index in [4.69, 9.17) is 9.47 Å². The van der Waals surface area contributed by atoms with Gasteiger partial charge in [-0.1, -0.05) is 30.3 Å². The standard InChI is InChI=1S/C30H26FNO2S/c1-32-28-14-9-21(19-7-12-26(35-4)13-8-19)17-27(28)29(20-5-10-23(31)11-6-20)30(32)22-15-24(33-2)18-25(16-22)34-3/h5-18H,1-4H3. The molecule has 0 saturated carbocycles. The van der Waals surface area contributed by atoms with Gasteiger partial charge in [-0.3, -0.25) is 0 Å². The first kappa shape index (κ1) is 23.1. The van der Waals surface area contributed by atoms with Crippen molar-refractivity contribution in [2.45, 2.75) is 4.90 Å². The van der Waals surface area contributed by atoms with Crippen molar-refractivity contribution in [1.29, 1.82) is 0 Å². The van der Waals surface area contributed by atoms with Crippen LogP contribution in [0, 0.1) is 5.82 Å². The molecular formula is C30H26FNO2S. The van der Waals surface area contributed by atoms with Crippen molar-refractivity contribution in [3.05, 3.63) is 90.7 Å². The Bertz CT molecular complexity index is 1480. The molecule has 0 aliphatic carbocycles. The monoisotopic (exact) mass is 483 g/mol. The number of rotatable bonds is 6. The summed E-state index contributed by atoms with van der Waals surface area (Å²) in [5, 5.41) is 1.10. The molecule has 0 atom stereocenters. The van der Waals surface area contributed by atoms with Crippen LogP contribution in [-0.4, -0.2) is 25.0 Å². The second-order valence-corrected chi connectivity index (χ2v) is 9.23. The number of hydrogen-bond donors (Lipinski definition) is 0. The third-order valence-corrected chi connectivity index (χ3v) is 7.12. The number of methoxy groups -OCH3 is 2. The predicted molar refractivity (Wildman–Crippen MR) is 144 cm³/mol. The van der Waals surface area contributed by atoms with E-state index in [9.17, 15) is 4.39 Å². The van der Waals surface area contributed by atoms with Crippen LogP contribution in [0.5, 0.6) is 11.5 Å². The summed E-state index contributed by atoms with van der Waals surface area (Å²) >= 11 is 1.73. The molecule has 0 fully saturated rings. The molecule has 5 aromatic rings. The van der Waals surface area contributed by atoms with Gasteiger partial charge in [-0.15, -0.1) is 11.8 Å². The molecule has 176 valence electrons. The molecule has 1 aromatic heterocycles. The van der Waals surface area contributed by atoms with E-state index in [-0.39, 0.29) is 5.82 Å². The number of aryl methyl sites for hydroxylation is 1. The van der Waals surface area contributed by atoms with Gasteiger partial charge in [-0.2, -0.15) is 0 Å². The number of halogens is 1. The fraction of sp³-hybridized carbons (Fsp3) is 0.133. The lowest BCUT2D eigenvalue weighted by Gasteiger charge is -2.12. The molecule has 1 heterocycles. The summed E-state index contributed by atoms with van der Waals surface area (Å²) in [5.41, 5.74) is 7.34. The summed E-state index contributed by atoms with van der Waals surface area (Å²) in [7, 11) is 5.36. The molecule has 4 aromatic carbocycles. The molecule has 0 unspecified atom stereocenters. The number of fused-ring (bicyclic) bond motifs is 1. The summed E-state index contributed by atoms with van der Waals surface area (Å²) in [4.78, 5) is 1.23. The van der Waals surface area contributed by atoms with Gasteiger partial charge in [0.15, 0.2) is 0 Å². The number of hydrogen-bond acceptors (Lipinski definition) is 3. The number of benzene rings is 4. The van der Waals surface area contributed by atoms with Gasteiger partial charge in [0.05, 0.1) is 19.9 Å². The van der Waals surface area contributed by atoms with E-state index in [1.54, 1.807) is 26.0 Å². The SMILES string of the molecule is COc1cc(OC)cc(-c2c(-c3ccc(F)cc3)c3cc(-c4ccc(SC)cc4)ccc3n2C)c1. The fourth-order valence-corrected chi connectivity index (χ4v) is 5.01. The van der Waals surface area contributed by atoms with Crippen LogP contribution in [0.3, 0.4) is 0 Å². The molecule has 0 aliphatic heterocycles. The highest BCUT2D eigenvalue weighted by molar-refractivity contribution is 7.98. The van der Waals surface area contributed by atoms with Crippen molar-refractivity contribution in [2.24, 2.45) is 7.05 Å². The summed E-state index contributed by atoms with van der Waals surface area (Å²) in [6, 6.07) is 27.7. The van der Waals surface area contributed by atoms with Gasteiger partial charge in [0.2, 0.25) is 0 Å².